The molecular formula is C19H18BrFN6. The third-order valence-electron chi connectivity index (χ3n) is 4.12. The molecule has 0 saturated carbocycles. The first-order valence-electron chi connectivity index (χ1n) is 8.39. The molecule has 3 rings (SSSR count). The van der Waals surface area contributed by atoms with E-state index < -0.39 is 0 Å². The lowest BCUT2D eigenvalue weighted by Crippen LogP contribution is -2.06. The molecule has 0 bridgehead atoms. The van der Waals surface area contributed by atoms with Gasteiger partial charge in [-0.2, -0.15) is 10.4 Å². The highest BCUT2D eigenvalue weighted by atomic mass is 79.9. The van der Waals surface area contributed by atoms with Crippen molar-refractivity contribution < 1.29 is 4.39 Å². The van der Waals surface area contributed by atoms with Crippen LogP contribution in [-0.2, 0) is 6.42 Å². The number of rotatable bonds is 6. The number of hydrogen-bond donors (Lipinski definition) is 2. The normalized spacial score (nSPS) is 10.6. The quantitative estimate of drug-likeness (QED) is 0.579. The molecule has 6 nitrogen and oxygen atoms in total. The first kappa shape index (κ1) is 18.9. The molecule has 0 unspecified atom stereocenters. The number of nitriles is 1. The van der Waals surface area contributed by atoms with E-state index in [1.807, 2.05) is 13.0 Å². The summed E-state index contributed by atoms with van der Waals surface area (Å²) in [6, 6.07) is 9.90. The van der Waals surface area contributed by atoms with E-state index >= 15 is 0 Å². The Balaban J connectivity index is 1.68. The van der Waals surface area contributed by atoms with Crippen LogP contribution < -0.4 is 11.1 Å². The fourth-order valence-corrected chi connectivity index (χ4v) is 2.88. The van der Waals surface area contributed by atoms with E-state index in [4.69, 9.17) is 5.73 Å². The maximum Gasteiger partial charge on any atom is 0.145 e. The summed E-state index contributed by atoms with van der Waals surface area (Å²) < 4.78 is 15.6. The van der Waals surface area contributed by atoms with Crippen molar-refractivity contribution in [3.8, 4) is 11.8 Å². The van der Waals surface area contributed by atoms with E-state index in [9.17, 15) is 9.65 Å². The lowest BCUT2D eigenvalue weighted by molar-refractivity contribution is 0.627. The van der Waals surface area contributed by atoms with Crippen LogP contribution in [0.15, 0.2) is 41.0 Å². The third-order valence-corrected chi connectivity index (χ3v) is 4.95. The second-order valence-electron chi connectivity index (χ2n) is 6.06. The van der Waals surface area contributed by atoms with Gasteiger partial charge in [-0.15, -0.1) is 0 Å². The summed E-state index contributed by atoms with van der Waals surface area (Å²) in [5, 5.41) is 17.1. The first-order valence-corrected chi connectivity index (χ1v) is 9.18. The molecule has 0 aliphatic heterocycles. The predicted molar refractivity (Wildman–Crippen MR) is 106 cm³/mol. The molecule has 0 aliphatic rings. The number of benzene rings is 1. The molecule has 0 aliphatic carbocycles. The van der Waals surface area contributed by atoms with E-state index in [1.54, 1.807) is 18.3 Å². The summed E-state index contributed by atoms with van der Waals surface area (Å²) in [4.78, 5) is 4.30. The maximum atomic E-state index is 13.1. The smallest absolute Gasteiger partial charge is 0.145 e. The Hall–Kier alpha value is -2.92. The van der Waals surface area contributed by atoms with Crippen LogP contribution in [0.5, 0.6) is 0 Å². The van der Waals surface area contributed by atoms with Gasteiger partial charge >= 0.3 is 0 Å². The van der Waals surface area contributed by atoms with E-state index in [0.29, 0.717) is 29.9 Å². The number of nitrogen functional groups attached to an aromatic ring is 1. The van der Waals surface area contributed by atoms with Gasteiger partial charge in [-0.25, -0.2) is 14.1 Å². The number of anilines is 2. The Labute approximate surface area is 165 Å². The summed E-state index contributed by atoms with van der Waals surface area (Å²) in [5.74, 6) is 0.720. The summed E-state index contributed by atoms with van der Waals surface area (Å²) in [7, 11) is 0. The molecule has 3 aromatic rings. The van der Waals surface area contributed by atoms with Crippen molar-refractivity contribution in [3.63, 3.8) is 0 Å². The minimum absolute atomic E-state index is 0.261. The minimum Gasteiger partial charge on any atom is -0.382 e. The summed E-state index contributed by atoms with van der Waals surface area (Å²) >= 11 is 3.43. The Morgan fingerprint density at radius 2 is 2.07 bits per heavy atom. The molecule has 2 aromatic heterocycles. The Morgan fingerprint density at radius 1 is 1.33 bits per heavy atom. The lowest BCUT2D eigenvalue weighted by Gasteiger charge is -2.06. The average molecular weight is 429 g/mol. The van der Waals surface area contributed by atoms with Gasteiger partial charge in [0.15, 0.2) is 0 Å². The van der Waals surface area contributed by atoms with E-state index in [1.165, 1.54) is 16.8 Å². The molecule has 2 heterocycles. The number of pyridine rings is 1. The number of aryl methyl sites for hydroxylation is 2. The molecule has 1 aromatic carbocycles. The zero-order valence-corrected chi connectivity index (χ0v) is 16.3. The van der Waals surface area contributed by atoms with Gasteiger partial charge in [0.05, 0.1) is 11.4 Å². The second-order valence-corrected chi connectivity index (χ2v) is 6.91. The van der Waals surface area contributed by atoms with Crippen molar-refractivity contribution in [2.24, 2.45) is 0 Å². The summed E-state index contributed by atoms with van der Waals surface area (Å²) in [6.07, 6.45) is 3.10. The van der Waals surface area contributed by atoms with Gasteiger partial charge in [0, 0.05) is 17.2 Å². The van der Waals surface area contributed by atoms with Crippen LogP contribution in [0.25, 0.3) is 5.69 Å². The highest BCUT2D eigenvalue weighted by Crippen LogP contribution is 2.22. The average Bonchev–Trinajstić information content (AvgIpc) is 2.98. The molecular weight excluding hydrogens is 411 g/mol. The molecule has 8 heteroatoms. The molecule has 3 N–H and O–H groups in total. The van der Waals surface area contributed by atoms with Crippen molar-refractivity contribution in [2.45, 2.75) is 19.8 Å². The summed E-state index contributed by atoms with van der Waals surface area (Å²) in [5.41, 5.74) is 8.77. The molecule has 0 amide bonds. The number of halogens is 2. The van der Waals surface area contributed by atoms with Gasteiger partial charge in [0.25, 0.3) is 0 Å². The molecule has 0 saturated heterocycles. The zero-order chi connectivity index (χ0) is 19.4. The monoisotopic (exact) mass is 428 g/mol. The van der Waals surface area contributed by atoms with E-state index in [-0.39, 0.29) is 11.6 Å². The van der Waals surface area contributed by atoms with Gasteiger partial charge in [-0.3, -0.25) is 0 Å². The summed E-state index contributed by atoms with van der Waals surface area (Å²) in [6.45, 7) is 2.68. The standard InChI is InChI=1S/C19H18BrFN6/c1-12-9-18(25-11-16(12)20)24-8-2-3-17-15(10-22)19(23)27(26-17)14-6-4-13(21)5-7-14/h4-7,9,11H,2-3,8,23H2,1H3,(H,24,25). The molecule has 0 atom stereocenters. The first-order chi connectivity index (χ1) is 13.0. The SMILES string of the molecule is Cc1cc(NCCCc2nn(-c3ccc(F)cc3)c(N)c2C#N)ncc1Br. The highest BCUT2D eigenvalue weighted by Gasteiger charge is 2.16. The van der Waals surface area contributed by atoms with Crippen LogP contribution in [-0.4, -0.2) is 21.3 Å². The number of nitrogens with one attached hydrogen (secondary N) is 1. The lowest BCUT2D eigenvalue weighted by atomic mass is 10.1. The minimum atomic E-state index is -0.340. The number of aromatic nitrogens is 3. The van der Waals surface area contributed by atoms with Crippen LogP contribution in [0.3, 0.4) is 0 Å². The second kappa shape index (κ2) is 8.18. The largest absolute Gasteiger partial charge is 0.382 e. The van der Waals surface area contributed by atoms with Gasteiger partial charge < -0.3 is 11.1 Å². The van der Waals surface area contributed by atoms with Crippen molar-refractivity contribution >= 4 is 27.6 Å². The zero-order valence-electron chi connectivity index (χ0n) is 14.7. The van der Waals surface area contributed by atoms with Crippen LogP contribution in [0.4, 0.5) is 16.0 Å². The van der Waals surface area contributed by atoms with Crippen molar-refractivity contribution in [1.29, 1.82) is 5.26 Å². The van der Waals surface area contributed by atoms with Gasteiger partial charge in [0.1, 0.15) is 29.1 Å². The number of nitrogens with two attached hydrogens (primary N) is 1. The van der Waals surface area contributed by atoms with E-state index in [2.05, 4.69) is 37.4 Å². The highest BCUT2D eigenvalue weighted by molar-refractivity contribution is 9.10. The topological polar surface area (TPSA) is 92.5 Å². The molecule has 27 heavy (non-hydrogen) atoms. The Bertz CT molecular complexity index is 991. The number of nitrogens with zero attached hydrogens (tertiary/aromatic N) is 4. The van der Waals surface area contributed by atoms with Crippen LogP contribution in [0, 0.1) is 24.1 Å². The Kier molecular flexibility index (Phi) is 5.72. The molecule has 0 fully saturated rings. The van der Waals surface area contributed by atoms with Gasteiger partial charge in [-0.05, 0) is 71.6 Å². The maximum absolute atomic E-state index is 13.1. The predicted octanol–water partition coefficient (Wildman–Crippen LogP) is 3.98. The molecule has 138 valence electrons. The fourth-order valence-electron chi connectivity index (χ4n) is 2.66. The molecule has 0 spiro atoms. The van der Waals surface area contributed by atoms with Gasteiger partial charge in [-0.1, -0.05) is 0 Å². The van der Waals surface area contributed by atoms with Crippen LogP contribution in [0.1, 0.15) is 23.2 Å². The van der Waals surface area contributed by atoms with Gasteiger partial charge in [0.2, 0.25) is 0 Å². The van der Waals surface area contributed by atoms with Crippen molar-refractivity contribution in [2.75, 3.05) is 17.6 Å². The number of hydrogen-bond acceptors (Lipinski definition) is 5. The fraction of sp³-hybridized carbons (Fsp3) is 0.211. The van der Waals surface area contributed by atoms with E-state index in [0.717, 1.165) is 22.3 Å². The van der Waals surface area contributed by atoms with Crippen LogP contribution in [0.2, 0.25) is 0 Å². The van der Waals surface area contributed by atoms with Crippen LogP contribution >= 0.6 is 15.9 Å². The van der Waals surface area contributed by atoms with Crippen molar-refractivity contribution in [3.05, 3.63) is 63.6 Å². The Morgan fingerprint density at radius 3 is 2.74 bits per heavy atom. The van der Waals surface area contributed by atoms with Crippen molar-refractivity contribution in [1.82, 2.24) is 14.8 Å². The molecule has 0 radical (unpaired) electrons. The third kappa shape index (κ3) is 4.26.